The lowest BCUT2D eigenvalue weighted by atomic mass is 9.97. The summed E-state index contributed by atoms with van der Waals surface area (Å²) in [5.74, 6) is 2.15. The highest BCUT2D eigenvalue weighted by atomic mass is 16.5. The molecule has 3 N–H and O–H groups in total. The second-order valence-electron chi connectivity index (χ2n) is 6.94. The van der Waals surface area contributed by atoms with Crippen LogP contribution >= 0.6 is 0 Å². The van der Waals surface area contributed by atoms with Crippen molar-refractivity contribution in [1.82, 2.24) is 5.16 Å². The smallest absolute Gasteiger partial charge is 0.203 e. The molecule has 0 aliphatic rings. The van der Waals surface area contributed by atoms with E-state index in [1.54, 1.807) is 24.4 Å². The van der Waals surface area contributed by atoms with Crippen LogP contribution in [0.15, 0.2) is 41.1 Å². The van der Waals surface area contributed by atoms with E-state index in [1.807, 2.05) is 12.1 Å². The molecule has 0 amide bonds. The second-order valence-corrected chi connectivity index (χ2v) is 6.94. The minimum atomic E-state index is -0.950. The Hall–Kier alpha value is -3.56. The number of benzene rings is 2. The second kappa shape index (κ2) is 10.2. The predicted octanol–water partition coefficient (Wildman–Crippen LogP) is 2.47. The molecule has 2 aromatic carbocycles. The van der Waals surface area contributed by atoms with Crippen LogP contribution in [0, 0.1) is 0 Å². The van der Waals surface area contributed by atoms with Crippen molar-refractivity contribution in [1.29, 1.82) is 0 Å². The molecule has 32 heavy (non-hydrogen) atoms. The number of methoxy groups -OCH3 is 4. The van der Waals surface area contributed by atoms with Crippen LogP contribution in [0.2, 0.25) is 0 Å². The van der Waals surface area contributed by atoms with Crippen LogP contribution in [-0.2, 0) is 11.2 Å². The maximum absolute atomic E-state index is 12.3. The van der Waals surface area contributed by atoms with E-state index in [0.717, 1.165) is 5.56 Å². The highest BCUT2D eigenvalue weighted by Gasteiger charge is 2.21. The van der Waals surface area contributed by atoms with E-state index >= 15 is 0 Å². The number of nitrogens with zero attached hydrogens (tertiary/aromatic N) is 1. The van der Waals surface area contributed by atoms with Crippen molar-refractivity contribution in [2.75, 3.05) is 35.0 Å². The lowest BCUT2D eigenvalue weighted by molar-refractivity contribution is -0.120. The first-order valence-electron chi connectivity index (χ1n) is 9.78. The topological polar surface area (TPSA) is 126 Å². The van der Waals surface area contributed by atoms with Gasteiger partial charge >= 0.3 is 0 Å². The van der Waals surface area contributed by atoms with Gasteiger partial charge in [-0.2, -0.15) is 0 Å². The van der Waals surface area contributed by atoms with Crippen LogP contribution in [0.3, 0.4) is 0 Å². The highest BCUT2D eigenvalue weighted by molar-refractivity contribution is 5.87. The summed E-state index contributed by atoms with van der Waals surface area (Å²) in [5, 5.41) is 13.1. The van der Waals surface area contributed by atoms with Crippen molar-refractivity contribution < 1.29 is 33.4 Å². The summed E-state index contributed by atoms with van der Waals surface area (Å²) in [6.45, 7) is -0.419. The number of aliphatic hydroxyl groups excluding tert-OH is 1. The van der Waals surface area contributed by atoms with Gasteiger partial charge in [-0.1, -0.05) is 11.2 Å². The van der Waals surface area contributed by atoms with Crippen LogP contribution in [0.1, 0.15) is 5.56 Å². The molecule has 0 aliphatic carbocycles. The van der Waals surface area contributed by atoms with Crippen molar-refractivity contribution >= 4 is 5.78 Å². The average molecular weight is 442 g/mol. The Morgan fingerprint density at radius 2 is 1.66 bits per heavy atom. The Balaban J connectivity index is 2.07. The Bertz CT molecular complexity index is 1070. The molecule has 1 aromatic heterocycles. The molecule has 1 heterocycles. The Labute approximate surface area is 185 Å². The monoisotopic (exact) mass is 442 g/mol. The summed E-state index contributed by atoms with van der Waals surface area (Å²) in [5.41, 5.74) is 8.43. The third kappa shape index (κ3) is 4.53. The Morgan fingerprint density at radius 1 is 1.00 bits per heavy atom. The molecule has 9 nitrogen and oxygen atoms in total. The van der Waals surface area contributed by atoms with E-state index in [-0.39, 0.29) is 12.2 Å². The number of ketones is 1. The summed E-state index contributed by atoms with van der Waals surface area (Å²) in [4.78, 5) is 12.3. The van der Waals surface area contributed by atoms with E-state index < -0.39 is 12.6 Å². The number of carbonyl (C=O) groups excluding carboxylic acids is 1. The molecule has 170 valence electrons. The summed E-state index contributed by atoms with van der Waals surface area (Å²) >= 11 is 0. The van der Waals surface area contributed by atoms with Gasteiger partial charge in [0, 0.05) is 23.1 Å². The number of hydrogen-bond acceptors (Lipinski definition) is 9. The molecule has 0 saturated heterocycles. The number of nitrogens with two attached hydrogens (primary N) is 1. The minimum absolute atomic E-state index is 0.0174. The van der Waals surface area contributed by atoms with Crippen molar-refractivity contribution in [3.05, 3.63) is 42.1 Å². The Morgan fingerprint density at radius 3 is 2.22 bits per heavy atom. The number of aliphatic hydroxyl groups is 1. The molecule has 0 radical (unpaired) electrons. The fourth-order valence-electron chi connectivity index (χ4n) is 3.37. The molecule has 0 saturated carbocycles. The van der Waals surface area contributed by atoms with Gasteiger partial charge < -0.3 is 34.3 Å². The van der Waals surface area contributed by atoms with Gasteiger partial charge in [0.1, 0.15) is 5.75 Å². The van der Waals surface area contributed by atoms with Gasteiger partial charge in [0.15, 0.2) is 23.0 Å². The van der Waals surface area contributed by atoms with Crippen molar-refractivity contribution in [2.24, 2.45) is 5.73 Å². The number of ether oxygens (including phenoxy) is 4. The molecule has 9 heteroatoms. The number of aromatic nitrogens is 1. The van der Waals surface area contributed by atoms with E-state index in [1.165, 1.54) is 28.4 Å². The first kappa shape index (κ1) is 23.1. The van der Waals surface area contributed by atoms with Gasteiger partial charge in [0.2, 0.25) is 5.75 Å². The van der Waals surface area contributed by atoms with Gasteiger partial charge in [-0.25, -0.2) is 0 Å². The van der Waals surface area contributed by atoms with Crippen LogP contribution in [0.25, 0.3) is 22.5 Å². The minimum Gasteiger partial charge on any atom is -0.496 e. The molecule has 0 fully saturated rings. The molecule has 3 rings (SSSR count). The fourth-order valence-corrected chi connectivity index (χ4v) is 3.37. The summed E-state index contributed by atoms with van der Waals surface area (Å²) in [6, 6.07) is 7.99. The number of hydrogen-bond donors (Lipinski definition) is 2. The van der Waals surface area contributed by atoms with Crippen molar-refractivity contribution in [3.8, 4) is 45.4 Å². The first-order valence-corrected chi connectivity index (χ1v) is 9.78. The fraction of sp³-hybridized carbons (Fsp3) is 0.304. The van der Waals surface area contributed by atoms with Gasteiger partial charge in [0.25, 0.3) is 0 Å². The normalized spacial score (nSPS) is 11.7. The highest BCUT2D eigenvalue weighted by Crippen LogP contribution is 2.43. The first-order chi connectivity index (χ1) is 15.5. The van der Waals surface area contributed by atoms with E-state index in [0.29, 0.717) is 45.4 Å². The SMILES string of the molecule is COc1ccc(-c2cnoc2-c2cc(OC)c(OC)c(OC)c2)cc1CC(=O)C(N)CO. The molecular formula is C23H26N2O7. The molecule has 0 aliphatic heterocycles. The summed E-state index contributed by atoms with van der Waals surface area (Å²) in [6.07, 6.45) is 1.61. The zero-order chi connectivity index (χ0) is 23.3. The number of rotatable bonds is 10. The zero-order valence-corrected chi connectivity index (χ0v) is 18.4. The van der Waals surface area contributed by atoms with Gasteiger partial charge in [0.05, 0.1) is 47.3 Å². The standard InChI is InChI=1S/C23H26N2O7/c1-28-19-6-5-13(7-14(19)8-18(27)17(24)12-26)16-11-25-32-22(16)15-9-20(29-2)23(31-4)21(10-15)30-3/h5-7,9-11,17,26H,8,12,24H2,1-4H3. The third-order valence-electron chi connectivity index (χ3n) is 5.06. The molecule has 0 bridgehead atoms. The maximum atomic E-state index is 12.3. The van der Waals surface area contributed by atoms with Gasteiger partial charge in [-0.15, -0.1) is 0 Å². The zero-order valence-electron chi connectivity index (χ0n) is 18.4. The molecule has 0 spiro atoms. The molecule has 1 unspecified atom stereocenters. The summed E-state index contributed by atoms with van der Waals surface area (Å²) in [7, 11) is 6.12. The van der Waals surface area contributed by atoms with Crippen LogP contribution in [0.4, 0.5) is 0 Å². The number of Topliss-reactive ketones (excluding diaryl/α,β-unsaturated/α-hetero) is 1. The largest absolute Gasteiger partial charge is 0.496 e. The van der Waals surface area contributed by atoms with Gasteiger partial charge in [-0.3, -0.25) is 4.79 Å². The van der Waals surface area contributed by atoms with Crippen molar-refractivity contribution in [3.63, 3.8) is 0 Å². The summed E-state index contributed by atoms with van der Waals surface area (Å²) < 4.78 is 27.2. The van der Waals surface area contributed by atoms with Crippen LogP contribution in [0.5, 0.6) is 23.0 Å². The van der Waals surface area contributed by atoms with Crippen molar-refractivity contribution in [2.45, 2.75) is 12.5 Å². The third-order valence-corrected chi connectivity index (χ3v) is 5.06. The van der Waals surface area contributed by atoms with E-state index in [9.17, 15) is 9.90 Å². The molecule has 3 aromatic rings. The quantitative estimate of drug-likeness (QED) is 0.487. The maximum Gasteiger partial charge on any atom is 0.203 e. The molecular weight excluding hydrogens is 416 g/mol. The number of carbonyl (C=O) groups is 1. The van der Waals surface area contributed by atoms with Gasteiger partial charge in [-0.05, 0) is 29.8 Å². The molecule has 1 atom stereocenters. The van der Waals surface area contributed by atoms with Crippen LogP contribution in [-0.4, -0.2) is 57.1 Å². The van der Waals surface area contributed by atoms with E-state index in [4.69, 9.17) is 29.2 Å². The Kier molecular flexibility index (Phi) is 7.34. The average Bonchev–Trinajstić information content (AvgIpc) is 3.32. The van der Waals surface area contributed by atoms with E-state index in [2.05, 4.69) is 5.16 Å². The lowest BCUT2D eigenvalue weighted by Gasteiger charge is -2.14. The lowest BCUT2D eigenvalue weighted by Crippen LogP contribution is -2.35. The predicted molar refractivity (Wildman–Crippen MR) is 117 cm³/mol. The van der Waals surface area contributed by atoms with Crippen LogP contribution < -0.4 is 24.7 Å².